The number of methoxy groups -OCH3 is 1. The minimum absolute atomic E-state index is 0.0179. The van der Waals surface area contributed by atoms with Gasteiger partial charge in [-0.1, -0.05) is 12.1 Å². The van der Waals surface area contributed by atoms with Gasteiger partial charge < -0.3 is 29.9 Å². The van der Waals surface area contributed by atoms with Crippen LogP contribution in [0.25, 0.3) is 0 Å². The molecule has 1 unspecified atom stereocenters. The van der Waals surface area contributed by atoms with Crippen LogP contribution in [0.1, 0.15) is 67.0 Å². The van der Waals surface area contributed by atoms with E-state index in [4.69, 9.17) is 9.47 Å². The highest BCUT2D eigenvalue weighted by Gasteiger charge is 2.45. The maximum atomic E-state index is 15.6. The second-order valence-electron chi connectivity index (χ2n) is 14.2. The molecule has 0 spiro atoms. The molecular formula is C39H34F4N8O7. The second-order valence-corrected chi connectivity index (χ2v) is 14.2. The van der Waals surface area contributed by atoms with Crippen molar-refractivity contribution in [1.82, 2.24) is 30.4 Å². The number of nitrogens with zero attached hydrogens (tertiary/aromatic N) is 5. The molecular weight excluding hydrogens is 768 g/mol. The number of carbonyl (C=O) groups is 5. The fourth-order valence-corrected chi connectivity index (χ4v) is 7.55. The normalized spacial score (nSPS) is 19.1. The molecule has 1 aromatic heterocycles. The van der Waals surface area contributed by atoms with Gasteiger partial charge in [0.05, 0.1) is 29.5 Å². The summed E-state index contributed by atoms with van der Waals surface area (Å²) in [6.07, 6.45) is -3.63. The molecule has 0 bridgehead atoms. The van der Waals surface area contributed by atoms with Crippen molar-refractivity contribution in [2.45, 2.75) is 50.6 Å². The van der Waals surface area contributed by atoms with Crippen LogP contribution in [0.15, 0.2) is 54.7 Å². The number of anilines is 3. The Morgan fingerprint density at radius 2 is 1.76 bits per heavy atom. The fraction of sp³-hybridized carbons (Fsp3) is 0.308. The van der Waals surface area contributed by atoms with Crippen LogP contribution in [0, 0.1) is 5.82 Å². The second kappa shape index (κ2) is 14.7. The summed E-state index contributed by atoms with van der Waals surface area (Å²) >= 11 is 0. The molecule has 2 fully saturated rings. The van der Waals surface area contributed by atoms with Gasteiger partial charge in [-0.3, -0.25) is 34.2 Å². The third-order valence-electron chi connectivity index (χ3n) is 10.5. The van der Waals surface area contributed by atoms with Crippen molar-refractivity contribution in [3.05, 3.63) is 93.9 Å². The van der Waals surface area contributed by atoms with E-state index < -0.39 is 59.0 Å². The number of hydrogen-bond donors (Lipinski definition) is 3. The molecule has 15 nitrogen and oxygen atoms in total. The molecule has 5 amide bonds. The van der Waals surface area contributed by atoms with E-state index in [-0.39, 0.29) is 77.4 Å². The first-order valence-corrected chi connectivity index (χ1v) is 18.2. The summed E-state index contributed by atoms with van der Waals surface area (Å²) in [5, 5.41) is 8.22. The maximum Gasteiger partial charge on any atom is 0.423 e. The van der Waals surface area contributed by atoms with E-state index in [1.54, 1.807) is 37.4 Å². The number of alkyl halides is 3. The van der Waals surface area contributed by atoms with Crippen molar-refractivity contribution in [2.24, 2.45) is 0 Å². The molecule has 4 aliphatic heterocycles. The standard InChI is InChI=1S/C39H34F4N8O7/c1-49-17-19-4-3-5-29(32(19)37(49)56)58-34-25(39(41,42)43)16-45-38(48-34)46-27-14-26(40)20(12-30(27)57-2)15-44-21-10-11-50(18-21)22-6-7-23-24(13-22)36(55)51(35(23)54)28-8-9-31(52)47-33(28)53/h3-7,12-14,16,21,28,44H,8-11,15,17-18H2,1-2H3,(H,45,46,48)(H,47,52,53)/t21-,28?/m1/s1. The number of imide groups is 2. The molecule has 4 aromatic rings. The molecule has 19 heteroatoms. The van der Waals surface area contributed by atoms with Crippen LogP contribution < -0.4 is 30.3 Å². The highest BCUT2D eigenvalue weighted by molar-refractivity contribution is 6.23. The first-order valence-electron chi connectivity index (χ1n) is 18.2. The van der Waals surface area contributed by atoms with Gasteiger partial charge >= 0.3 is 6.18 Å². The van der Waals surface area contributed by atoms with E-state index in [1.807, 2.05) is 4.90 Å². The lowest BCUT2D eigenvalue weighted by molar-refractivity contribution is -0.139. The Hall–Kier alpha value is -6.63. The van der Waals surface area contributed by atoms with E-state index in [9.17, 15) is 37.1 Å². The molecule has 0 saturated carbocycles. The number of carbonyl (C=O) groups excluding carboxylic acids is 5. The van der Waals surface area contributed by atoms with E-state index in [2.05, 4.69) is 25.9 Å². The number of aromatic nitrogens is 2. The molecule has 0 aliphatic carbocycles. The van der Waals surface area contributed by atoms with Gasteiger partial charge in [-0.15, -0.1) is 0 Å². The number of benzene rings is 3. The van der Waals surface area contributed by atoms with E-state index in [0.717, 1.165) is 11.0 Å². The Balaban J connectivity index is 0.937. The van der Waals surface area contributed by atoms with Crippen molar-refractivity contribution in [3.8, 4) is 17.4 Å². The molecule has 4 aliphatic rings. The van der Waals surface area contributed by atoms with Crippen molar-refractivity contribution in [2.75, 3.05) is 37.5 Å². The summed E-state index contributed by atoms with van der Waals surface area (Å²) in [5.41, 5.74) is 0.724. The predicted molar refractivity (Wildman–Crippen MR) is 196 cm³/mol. The van der Waals surface area contributed by atoms with Crippen molar-refractivity contribution < 1.29 is 51.0 Å². The zero-order valence-electron chi connectivity index (χ0n) is 30.9. The molecule has 5 heterocycles. The van der Waals surface area contributed by atoms with Crippen LogP contribution >= 0.6 is 0 Å². The van der Waals surface area contributed by atoms with Gasteiger partial charge in [0.25, 0.3) is 17.7 Å². The van der Waals surface area contributed by atoms with E-state index >= 15 is 4.39 Å². The molecule has 58 heavy (non-hydrogen) atoms. The van der Waals surface area contributed by atoms with Crippen molar-refractivity contribution in [3.63, 3.8) is 0 Å². The number of ether oxygens (including phenoxy) is 2. The summed E-state index contributed by atoms with van der Waals surface area (Å²) in [6.45, 7) is 1.43. The Morgan fingerprint density at radius 3 is 2.52 bits per heavy atom. The highest BCUT2D eigenvalue weighted by atomic mass is 19.4. The Kier molecular flexibility index (Phi) is 9.70. The first kappa shape index (κ1) is 38.3. The molecule has 2 saturated heterocycles. The van der Waals surface area contributed by atoms with Gasteiger partial charge in [0.15, 0.2) is 0 Å². The number of hydrogen-bond acceptors (Lipinski definition) is 12. The number of nitrogens with one attached hydrogen (secondary N) is 3. The molecule has 3 aromatic carbocycles. The predicted octanol–water partition coefficient (Wildman–Crippen LogP) is 4.53. The lowest BCUT2D eigenvalue weighted by Gasteiger charge is -2.27. The average Bonchev–Trinajstić information content (AvgIpc) is 3.85. The topological polar surface area (TPSA) is 175 Å². The number of fused-ring (bicyclic) bond motifs is 2. The minimum Gasteiger partial charge on any atom is -0.495 e. The Labute approximate surface area is 327 Å². The minimum atomic E-state index is -4.90. The summed E-state index contributed by atoms with van der Waals surface area (Å²) in [7, 11) is 2.90. The first-order chi connectivity index (χ1) is 27.7. The third kappa shape index (κ3) is 7.01. The Morgan fingerprint density at radius 1 is 0.966 bits per heavy atom. The largest absolute Gasteiger partial charge is 0.495 e. The van der Waals surface area contributed by atoms with Gasteiger partial charge in [0.2, 0.25) is 23.6 Å². The van der Waals surface area contributed by atoms with Crippen LogP contribution in [0.5, 0.6) is 17.4 Å². The SMILES string of the molecule is COc1cc(CN[C@@H]2CCN(c3ccc4c(c3)C(=O)N(C3CCC(=O)NC3=O)C4=O)C2)c(F)cc1Nc1ncc(C(F)(F)F)c(Oc2cccc3c2C(=O)N(C)C3)n1. The van der Waals surface area contributed by atoms with Gasteiger partial charge in [0.1, 0.15) is 28.9 Å². The monoisotopic (exact) mass is 802 g/mol. The summed E-state index contributed by atoms with van der Waals surface area (Å²) in [6, 6.07) is 10.9. The van der Waals surface area contributed by atoms with Gasteiger partial charge in [-0.25, -0.2) is 9.37 Å². The van der Waals surface area contributed by atoms with Crippen LogP contribution in [0.3, 0.4) is 0 Å². The summed E-state index contributed by atoms with van der Waals surface area (Å²) in [4.78, 5) is 75.2. The number of piperidine rings is 1. The third-order valence-corrected chi connectivity index (χ3v) is 10.5. The smallest absolute Gasteiger partial charge is 0.423 e. The number of rotatable bonds is 10. The van der Waals surface area contributed by atoms with Crippen LogP contribution in [-0.2, 0) is 28.9 Å². The molecule has 2 atom stereocenters. The van der Waals surface area contributed by atoms with Gasteiger partial charge in [-0.2, -0.15) is 18.2 Å². The Bertz CT molecular complexity index is 2410. The van der Waals surface area contributed by atoms with Crippen LogP contribution in [0.4, 0.5) is 34.9 Å². The highest BCUT2D eigenvalue weighted by Crippen LogP contribution is 2.40. The van der Waals surface area contributed by atoms with E-state index in [1.165, 1.54) is 24.1 Å². The summed E-state index contributed by atoms with van der Waals surface area (Å²) in [5.74, 6) is -4.58. The summed E-state index contributed by atoms with van der Waals surface area (Å²) < 4.78 is 68.7. The van der Waals surface area contributed by atoms with Crippen LogP contribution in [-0.4, -0.2) is 88.6 Å². The van der Waals surface area contributed by atoms with Crippen molar-refractivity contribution in [1.29, 1.82) is 0 Å². The van der Waals surface area contributed by atoms with Crippen molar-refractivity contribution >= 4 is 46.9 Å². The van der Waals surface area contributed by atoms with Gasteiger partial charge in [0, 0.05) is 69.2 Å². The molecule has 8 rings (SSSR count). The molecule has 0 radical (unpaired) electrons. The zero-order valence-corrected chi connectivity index (χ0v) is 30.9. The molecule has 300 valence electrons. The quantitative estimate of drug-likeness (QED) is 0.151. The van der Waals surface area contributed by atoms with E-state index in [0.29, 0.717) is 37.0 Å². The number of halogens is 4. The fourth-order valence-electron chi connectivity index (χ4n) is 7.55. The maximum absolute atomic E-state index is 15.6. The van der Waals surface area contributed by atoms with Gasteiger partial charge in [-0.05, 0) is 48.7 Å². The lowest BCUT2D eigenvalue weighted by Crippen LogP contribution is -2.54. The van der Waals surface area contributed by atoms with Crippen LogP contribution in [0.2, 0.25) is 0 Å². The molecule has 3 N–H and O–H groups in total. The lowest BCUT2D eigenvalue weighted by atomic mass is 10.0. The number of amides is 5. The average molecular weight is 803 g/mol. The zero-order chi connectivity index (χ0) is 41.0.